The molecule has 0 saturated heterocycles. The van der Waals surface area contributed by atoms with Crippen molar-refractivity contribution in [2.45, 2.75) is 0 Å². The van der Waals surface area contributed by atoms with Gasteiger partial charge in [0.2, 0.25) is 5.91 Å². The average Bonchev–Trinajstić information content (AvgIpc) is 2.95. The van der Waals surface area contributed by atoms with Crippen molar-refractivity contribution in [2.75, 3.05) is 30.7 Å². The van der Waals surface area contributed by atoms with E-state index in [-0.39, 0.29) is 5.91 Å². The number of nitrogens with one attached hydrogen (secondary N) is 2. The van der Waals surface area contributed by atoms with Crippen LogP contribution in [-0.2, 0) is 4.79 Å². The lowest BCUT2D eigenvalue weighted by Gasteiger charge is -2.07. The summed E-state index contributed by atoms with van der Waals surface area (Å²) in [5, 5.41) is 3.65. The Hall–Kier alpha value is -1.94. The van der Waals surface area contributed by atoms with Crippen LogP contribution in [-0.4, -0.2) is 46.4 Å². The van der Waals surface area contributed by atoms with Gasteiger partial charge in [0.05, 0.1) is 17.9 Å². The third-order valence-corrected chi connectivity index (χ3v) is 4.64. The largest absolute Gasteiger partial charge is 0.330 e. The summed E-state index contributed by atoms with van der Waals surface area (Å²) >= 11 is 11.3. The van der Waals surface area contributed by atoms with Gasteiger partial charge in [-0.1, -0.05) is 35.8 Å². The number of hydrogen-bond donors (Lipinski definition) is 3. The Morgan fingerprint density at radius 3 is 2.88 bits per heavy atom. The molecule has 0 aliphatic rings. The highest BCUT2D eigenvalue weighted by molar-refractivity contribution is 7.81. The second-order valence-corrected chi connectivity index (χ2v) is 7.06. The number of anilines is 2. The van der Waals surface area contributed by atoms with Crippen molar-refractivity contribution in [1.82, 2.24) is 19.9 Å². The fourth-order valence-electron chi connectivity index (χ4n) is 2.14. The molecular weight excluding hydrogens is 380 g/mol. The van der Waals surface area contributed by atoms with E-state index in [1.54, 1.807) is 11.1 Å². The van der Waals surface area contributed by atoms with Gasteiger partial charge < -0.3 is 14.9 Å². The zero-order valence-corrected chi connectivity index (χ0v) is 15.9. The second kappa shape index (κ2) is 7.52. The number of rotatable bonds is 5. The van der Waals surface area contributed by atoms with Crippen LogP contribution in [0.2, 0.25) is 5.15 Å². The molecule has 3 rings (SSSR count). The maximum atomic E-state index is 11.8. The molecule has 7 nitrogen and oxygen atoms in total. The van der Waals surface area contributed by atoms with Crippen LogP contribution in [0.5, 0.6) is 0 Å². The van der Waals surface area contributed by atoms with Gasteiger partial charge in [-0.15, -0.1) is 0 Å². The van der Waals surface area contributed by atoms with Crippen LogP contribution >= 0.6 is 35.8 Å². The van der Waals surface area contributed by atoms with Crippen LogP contribution in [0, 0.1) is 0 Å². The summed E-state index contributed by atoms with van der Waals surface area (Å²) in [5.41, 5.74) is 2.86. The summed E-state index contributed by atoms with van der Waals surface area (Å²) in [7, 11) is 3.67. The lowest BCUT2D eigenvalue weighted by Crippen LogP contribution is -2.26. The standard InChI is InChI=1S/C15H15ClN6OS2/c1-22(2)7-12(23)20-15-19-10-4-3-9(18-14(10)25-15)8-5-11(21-24)13(16)17-6-8/h3-6,21,24H,7H2,1-2H3,(H,19,20,23). The predicted octanol–water partition coefficient (Wildman–Crippen LogP) is 3.16. The van der Waals surface area contributed by atoms with Crippen molar-refractivity contribution < 1.29 is 4.79 Å². The molecule has 0 atom stereocenters. The minimum Gasteiger partial charge on any atom is -0.330 e. The van der Waals surface area contributed by atoms with Crippen molar-refractivity contribution in [1.29, 1.82) is 0 Å². The van der Waals surface area contributed by atoms with E-state index >= 15 is 0 Å². The van der Waals surface area contributed by atoms with Gasteiger partial charge in [0, 0.05) is 11.8 Å². The molecule has 25 heavy (non-hydrogen) atoms. The first kappa shape index (κ1) is 17.9. The van der Waals surface area contributed by atoms with Gasteiger partial charge >= 0.3 is 0 Å². The quantitative estimate of drug-likeness (QED) is 0.455. The second-order valence-electron chi connectivity index (χ2n) is 5.50. The minimum absolute atomic E-state index is 0.115. The molecule has 0 fully saturated rings. The number of pyridine rings is 2. The average molecular weight is 395 g/mol. The Morgan fingerprint density at radius 1 is 1.36 bits per heavy atom. The van der Waals surface area contributed by atoms with E-state index in [2.05, 4.69) is 37.8 Å². The normalized spacial score (nSPS) is 11.1. The van der Waals surface area contributed by atoms with E-state index in [1.165, 1.54) is 11.3 Å². The number of thiol groups is 1. The summed E-state index contributed by atoms with van der Waals surface area (Å²) < 4.78 is 2.69. The highest BCUT2D eigenvalue weighted by Gasteiger charge is 2.11. The zero-order valence-electron chi connectivity index (χ0n) is 13.4. The Morgan fingerprint density at radius 2 is 2.16 bits per heavy atom. The molecule has 0 aliphatic carbocycles. The van der Waals surface area contributed by atoms with Crippen molar-refractivity contribution in [3.63, 3.8) is 0 Å². The third kappa shape index (κ3) is 4.18. The molecular formula is C15H15ClN6OS2. The number of carbonyl (C=O) groups excluding carboxylic acids is 1. The number of amides is 1. The lowest BCUT2D eigenvalue weighted by atomic mass is 10.2. The van der Waals surface area contributed by atoms with Gasteiger partial charge in [-0.05, 0) is 32.3 Å². The van der Waals surface area contributed by atoms with Gasteiger partial charge in [-0.25, -0.2) is 15.0 Å². The summed E-state index contributed by atoms with van der Waals surface area (Å²) in [6.07, 6.45) is 1.64. The number of nitrogens with zero attached hydrogens (tertiary/aromatic N) is 4. The molecule has 0 spiro atoms. The summed E-state index contributed by atoms with van der Waals surface area (Å²) in [5.74, 6) is -0.115. The van der Waals surface area contributed by atoms with E-state index in [0.29, 0.717) is 22.5 Å². The van der Waals surface area contributed by atoms with Crippen molar-refractivity contribution >= 4 is 62.8 Å². The smallest absolute Gasteiger partial charge is 0.240 e. The number of fused-ring (bicyclic) bond motifs is 1. The Kier molecular flexibility index (Phi) is 5.38. The first-order valence-electron chi connectivity index (χ1n) is 7.24. The molecule has 2 N–H and O–H groups in total. The molecule has 0 aromatic carbocycles. The van der Waals surface area contributed by atoms with Crippen LogP contribution in [0.3, 0.4) is 0 Å². The highest BCUT2D eigenvalue weighted by Crippen LogP contribution is 2.30. The topological polar surface area (TPSA) is 83.0 Å². The number of hydrogen-bond acceptors (Lipinski definition) is 8. The van der Waals surface area contributed by atoms with Gasteiger partial charge in [0.25, 0.3) is 0 Å². The molecule has 10 heteroatoms. The van der Waals surface area contributed by atoms with Crippen LogP contribution in [0.1, 0.15) is 0 Å². The first-order chi connectivity index (χ1) is 12.0. The number of likely N-dealkylation sites (N-methyl/N-ethyl adjacent to an activating group) is 1. The SMILES string of the molecule is CN(C)CC(=O)Nc1nc2ccc(-c3cnc(Cl)c(NS)c3)nc2s1. The van der Waals surface area contributed by atoms with Gasteiger partial charge in [-0.3, -0.25) is 4.79 Å². The van der Waals surface area contributed by atoms with E-state index in [9.17, 15) is 4.79 Å². The number of halogens is 1. The van der Waals surface area contributed by atoms with Crippen LogP contribution in [0.4, 0.5) is 10.8 Å². The van der Waals surface area contributed by atoms with Crippen LogP contribution < -0.4 is 10.0 Å². The number of thiazole rings is 1. The van der Waals surface area contributed by atoms with Crippen molar-refractivity contribution in [2.24, 2.45) is 0 Å². The van der Waals surface area contributed by atoms with Crippen LogP contribution in [0.25, 0.3) is 21.6 Å². The number of carbonyl (C=O) groups is 1. The van der Waals surface area contributed by atoms with E-state index in [4.69, 9.17) is 11.6 Å². The zero-order chi connectivity index (χ0) is 18.0. The molecule has 0 radical (unpaired) electrons. The van der Waals surface area contributed by atoms with Gasteiger partial charge in [0.1, 0.15) is 10.3 Å². The first-order valence-corrected chi connectivity index (χ1v) is 8.88. The Balaban J connectivity index is 1.89. The molecule has 130 valence electrons. The van der Waals surface area contributed by atoms with E-state index in [1.807, 2.05) is 32.3 Å². The minimum atomic E-state index is -0.115. The Labute approximate surface area is 159 Å². The predicted molar refractivity (Wildman–Crippen MR) is 105 cm³/mol. The highest BCUT2D eigenvalue weighted by atomic mass is 35.5. The van der Waals surface area contributed by atoms with E-state index < -0.39 is 0 Å². The monoisotopic (exact) mass is 394 g/mol. The summed E-state index contributed by atoms with van der Waals surface area (Å²) in [6.45, 7) is 0.296. The molecule has 3 heterocycles. The lowest BCUT2D eigenvalue weighted by molar-refractivity contribution is -0.116. The fraction of sp³-hybridized carbons (Fsp3) is 0.200. The number of aromatic nitrogens is 3. The molecule has 3 aromatic heterocycles. The molecule has 0 bridgehead atoms. The maximum absolute atomic E-state index is 11.8. The molecule has 1 amide bonds. The van der Waals surface area contributed by atoms with Gasteiger partial charge in [-0.2, -0.15) is 0 Å². The van der Waals surface area contributed by atoms with Crippen molar-refractivity contribution in [3.05, 3.63) is 29.5 Å². The Bertz CT molecular complexity index is 930. The molecule has 3 aromatic rings. The third-order valence-electron chi connectivity index (χ3n) is 3.22. The van der Waals surface area contributed by atoms with Crippen molar-refractivity contribution in [3.8, 4) is 11.3 Å². The fourth-order valence-corrected chi connectivity index (χ4v) is 3.39. The van der Waals surface area contributed by atoms with Gasteiger partial charge in [0.15, 0.2) is 10.3 Å². The summed E-state index contributed by atoms with van der Waals surface area (Å²) in [4.78, 5) is 27.5. The molecule has 0 unspecified atom stereocenters. The van der Waals surface area contributed by atoms with Crippen LogP contribution in [0.15, 0.2) is 24.4 Å². The molecule has 0 aliphatic heterocycles. The maximum Gasteiger partial charge on any atom is 0.240 e. The summed E-state index contributed by atoms with van der Waals surface area (Å²) in [6, 6.07) is 5.52. The van der Waals surface area contributed by atoms with E-state index in [0.717, 1.165) is 21.6 Å². The molecule has 0 saturated carbocycles.